The number of hydrogen-bond acceptors (Lipinski definition) is 27. The monoisotopic (exact) mass is 974 g/mol. The van der Waals surface area contributed by atoms with E-state index in [9.17, 15) is 88.9 Å². The lowest BCUT2D eigenvalue weighted by Crippen LogP contribution is -2.69. The molecule has 16 N–H and O–H groups in total. The molecule has 0 aromatic carbocycles. The van der Waals surface area contributed by atoms with Crippen molar-refractivity contribution in [3.05, 3.63) is 0 Å². The van der Waals surface area contributed by atoms with Crippen molar-refractivity contribution in [3.8, 4) is 0 Å². The van der Waals surface area contributed by atoms with Gasteiger partial charge in [0.2, 0.25) is 11.8 Å². The molecular formula is C34H58N2O28S. The van der Waals surface area contributed by atoms with E-state index in [1.54, 1.807) is 0 Å². The van der Waals surface area contributed by atoms with Gasteiger partial charge in [-0.25, -0.2) is 4.18 Å². The fourth-order valence-corrected chi connectivity index (χ4v) is 8.41. The Kier molecular flexibility index (Phi) is 18.7. The van der Waals surface area contributed by atoms with Gasteiger partial charge in [-0.2, -0.15) is 8.42 Å². The van der Waals surface area contributed by atoms with Crippen LogP contribution >= 0.6 is 0 Å². The number of hydrogen-bond donors (Lipinski definition) is 16. The Labute approximate surface area is 368 Å². The second-order valence-corrected chi connectivity index (χ2v) is 17.0. The highest BCUT2D eigenvalue weighted by molar-refractivity contribution is 7.80. The number of nitrogens with one attached hydrogen (secondary N) is 2. The molecule has 5 rings (SSSR count). The highest BCUT2D eigenvalue weighted by Crippen LogP contribution is 2.35. The Balaban J connectivity index is 1.36. The van der Waals surface area contributed by atoms with E-state index < -0.39 is 202 Å². The SMILES string of the molecule is CC(=O)N[C@H]1[C@H](OC[C@H]2OC(O)[C@H](NC(C)=O)[C@@H](O[C@@H]3O[C@H](CO)[C@H](O)[C@H](O)[C@H]3O[C@@H]3O[C@@H](C)[C@@H](O)[C@@H](O)[C@@H]3O)[C@H]2O)O[C@H](CO)[C@@H](O[C@@H]2O[C@H](CO)[C@H](O)[C@H](OS(=O)(=O)O)[C@H]2O)[C@@H]1O. The molecule has 1 unspecified atom stereocenters. The Bertz CT molecular complexity index is 1670. The molecule has 0 saturated carbocycles. The largest absolute Gasteiger partial charge is 0.397 e. The van der Waals surface area contributed by atoms with Crippen molar-refractivity contribution >= 4 is 22.2 Å². The molecule has 2 amide bonds. The molecule has 5 heterocycles. The summed E-state index contributed by atoms with van der Waals surface area (Å²) in [5, 5.41) is 143. The van der Waals surface area contributed by atoms with Crippen molar-refractivity contribution in [1.29, 1.82) is 0 Å². The van der Waals surface area contributed by atoms with Crippen molar-refractivity contribution < 1.29 is 136 Å². The van der Waals surface area contributed by atoms with Crippen LogP contribution in [0.15, 0.2) is 0 Å². The minimum atomic E-state index is -5.33. The lowest BCUT2D eigenvalue weighted by atomic mass is 9.94. The van der Waals surface area contributed by atoms with Crippen molar-refractivity contribution in [3.63, 3.8) is 0 Å². The van der Waals surface area contributed by atoms with Crippen LogP contribution in [-0.2, 0) is 66.8 Å². The molecule has 5 fully saturated rings. The Morgan fingerprint density at radius 3 is 1.60 bits per heavy atom. The van der Waals surface area contributed by atoms with Gasteiger partial charge in [-0.05, 0) is 6.92 Å². The molecule has 0 bridgehead atoms. The highest BCUT2D eigenvalue weighted by Gasteiger charge is 2.56. The molecule has 31 heteroatoms. The van der Waals surface area contributed by atoms with E-state index in [-0.39, 0.29) is 0 Å². The van der Waals surface area contributed by atoms with Crippen LogP contribution in [0.2, 0.25) is 0 Å². The third-order valence-electron chi connectivity index (χ3n) is 11.3. The van der Waals surface area contributed by atoms with Crippen molar-refractivity contribution in [2.45, 2.75) is 174 Å². The van der Waals surface area contributed by atoms with E-state index in [0.717, 1.165) is 13.8 Å². The van der Waals surface area contributed by atoms with Gasteiger partial charge in [0.25, 0.3) is 0 Å². The van der Waals surface area contributed by atoms with Crippen LogP contribution in [0.3, 0.4) is 0 Å². The summed E-state index contributed by atoms with van der Waals surface area (Å²) in [7, 11) is -5.33. The average molecular weight is 975 g/mol. The number of carbonyl (C=O) groups is 2. The maximum absolute atomic E-state index is 12.4. The van der Waals surface area contributed by atoms with Gasteiger partial charge in [-0.15, -0.1) is 0 Å². The van der Waals surface area contributed by atoms with Crippen LogP contribution in [0, 0.1) is 0 Å². The Morgan fingerprint density at radius 2 is 1.02 bits per heavy atom. The topological polar surface area (TPSA) is 468 Å². The second-order valence-electron chi connectivity index (χ2n) is 15.9. The van der Waals surface area contributed by atoms with E-state index in [4.69, 9.17) is 42.6 Å². The van der Waals surface area contributed by atoms with E-state index in [1.807, 2.05) is 0 Å². The third-order valence-corrected chi connectivity index (χ3v) is 11.7. The van der Waals surface area contributed by atoms with E-state index >= 15 is 0 Å². The fraction of sp³-hybridized carbons (Fsp3) is 0.941. The predicted molar refractivity (Wildman–Crippen MR) is 199 cm³/mol. The minimum Gasteiger partial charge on any atom is -0.394 e. The van der Waals surface area contributed by atoms with Crippen LogP contribution in [0.4, 0.5) is 0 Å². The number of carbonyl (C=O) groups excluding carboxylic acids is 2. The molecule has 25 atom stereocenters. The Morgan fingerprint density at radius 1 is 0.508 bits per heavy atom. The molecule has 5 aliphatic heterocycles. The van der Waals surface area contributed by atoms with Crippen LogP contribution in [-0.4, -0.2) is 271 Å². The van der Waals surface area contributed by atoms with Crippen LogP contribution in [0.1, 0.15) is 20.8 Å². The van der Waals surface area contributed by atoms with Gasteiger partial charge < -0.3 is 120 Å². The predicted octanol–water partition coefficient (Wildman–Crippen LogP) is -10.8. The van der Waals surface area contributed by atoms with E-state index in [1.165, 1.54) is 6.92 Å². The number of ether oxygens (including phenoxy) is 9. The number of amides is 2. The maximum atomic E-state index is 12.4. The summed E-state index contributed by atoms with van der Waals surface area (Å²) >= 11 is 0. The smallest absolute Gasteiger partial charge is 0.394 e. The molecule has 0 aliphatic carbocycles. The third kappa shape index (κ3) is 12.4. The van der Waals surface area contributed by atoms with Gasteiger partial charge >= 0.3 is 10.4 Å². The molecule has 0 spiro atoms. The molecule has 65 heavy (non-hydrogen) atoms. The summed E-state index contributed by atoms with van der Waals surface area (Å²) in [5.41, 5.74) is 0. The average Bonchev–Trinajstić information content (AvgIpc) is 3.23. The number of aliphatic hydroxyl groups is 13. The number of rotatable bonds is 16. The van der Waals surface area contributed by atoms with Crippen LogP contribution in [0.25, 0.3) is 0 Å². The fourth-order valence-electron chi connectivity index (χ4n) is 7.90. The molecule has 5 aliphatic rings. The first-order chi connectivity index (χ1) is 30.4. The first kappa shape index (κ1) is 53.9. The van der Waals surface area contributed by atoms with Crippen LogP contribution in [0.5, 0.6) is 0 Å². The summed E-state index contributed by atoms with van der Waals surface area (Å²) in [4.78, 5) is 24.6. The lowest BCUT2D eigenvalue weighted by Gasteiger charge is -2.49. The van der Waals surface area contributed by atoms with Gasteiger partial charge in [0, 0.05) is 13.8 Å². The summed E-state index contributed by atoms with van der Waals surface area (Å²) < 4.78 is 87.4. The first-order valence-corrected chi connectivity index (χ1v) is 21.5. The van der Waals surface area contributed by atoms with E-state index in [2.05, 4.69) is 14.8 Å². The van der Waals surface area contributed by atoms with Gasteiger partial charge in [0.05, 0.1) is 32.5 Å². The van der Waals surface area contributed by atoms with Gasteiger partial charge in [-0.3, -0.25) is 14.1 Å². The lowest BCUT2D eigenvalue weighted by molar-refractivity contribution is -0.381. The molecule has 30 nitrogen and oxygen atoms in total. The van der Waals surface area contributed by atoms with Crippen molar-refractivity contribution in [1.82, 2.24) is 10.6 Å². The van der Waals surface area contributed by atoms with Gasteiger partial charge in [0.15, 0.2) is 31.5 Å². The zero-order chi connectivity index (χ0) is 48.4. The maximum Gasteiger partial charge on any atom is 0.397 e. The highest BCUT2D eigenvalue weighted by atomic mass is 32.3. The summed E-state index contributed by atoms with van der Waals surface area (Å²) in [5.74, 6) is -1.61. The molecular weight excluding hydrogens is 916 g/mol. The Hall–Kier alpha value is -2.07. The second kappa shape index (κ2) is 22.6. The molecule has 0 aromatic rings. The van der Waals surface area contributed by atoms with Crippen molar-refractivity contribution in [2.75, 3.05) is 26.4 Å². The zero-order valence-electron chi connectivity index (χ0n) is 34.6. The summed E-state index contributed by atoms with van der Waals surface area (Å²) in [6.45, 7) is -0.420. The summed E-state index contributed by atoms with van der Waals surface area (Å²) in [6, 6.07) is -3.34. The minimum absolute atomic E-state index is 0.792. The van der Waals surface area contributed by atoms with Crippen molar-refractivity contribution in [2.24, 2.45) is 0 Å². The molecule has 0 aromatic heterocycles. The molecule has 0 radical (unpaired) electrons. The molecule has 378 valence electrons. The number of aliphatic hydroxyl groups excluding tert-OH is 13. The van der Waals surface area contributed by atoms with Gasteiger partial charge in [0.1, 0.15) is 116 Å². The quantitative estimate of drug-likeness (QED) is 0.0639. The zero-order valence-corrected chi connectivity index (χ0v) is 35.5. The van der Waals surface area contributed by atoms with Crippen LogP contribution < -0.4 is 10.6 Å². The molecule has 5 saturated heterocycles. The van der Waals surface area contributed by atoms with E-state index in [0.29, 0.717) is 0 Å². The first-order valence-electron chi connectivity index (χ1n) is 20.1. The normalized spacial score (nSPS) is 47.5. The standard InChI is InChI=1S/C34H58N2O28S/c1-8-17(42)22(47)24(49)32(56-8)63-29-23(48)18(43)11(4-37)59-34(29)62-27-16(36-10(3)41)30(51)57-14(20(27)45)7-55-31-15(35-9(2)40)21(46)26(13(6-39)60-31)61-33-25(50)28(64-65(52,53)54)19(44)12(5-38)58-33/h8,11-34,37-39,42-51H,4-7H2,1-3H3,(H,35,40)(H,36,41)(H,52,53,54)/t8-,11+,12+,13+,14+,15+,16+,17+,18-,19-,20-,21+,22+,23-,24-,25+,26+,27+,28-,29+,30?,31+,32-,33-,34-/m0/s1. The van der Waals surface area contributed by atoms with Gasteiger partial charge in [-0.1, -0.05) is 0 Å². The summed E-state index contributed by atoms with van der Waals surface area (Å²) in [6.07, 6.45) is -42.8.